The summed E-state index contributed by atoms with van der Waals surface area (Å²) < 4.78 is 16.6. The topological polar surface area (TPSA) is 21.7 Å². The van der Waals surface area contributed by atoms with Gasteiger partial charge in [0.2, 0.25) is 0 Å². The van der Waals surface area contributed by atoms with Crippen molar-refractivity contribution in [3.63, 3.8) is 0 Å². The van der Waals surface area contributed by atoms with Gasteiger partial charge < -0.3 is 0 Å². The Hall–Kier alpha value is -1.39. The zero-order valence-electron chi connectivity index (χ0n) is 15.1. The SMILES string of the molecule is COC[CH]1N(C(C)C)C2=[CH][In]1[c]1cccc(OCc3ccccc3)c12. The number of ether oxygens (including phenoxy) is 2. The van der Waals surface area contributed by atoms with Crippen LogP contribution in [-0.2, 0) is 11.3 Å². The van der Waals surface area contributed by atoms with Gasteiger partial charge in [0, 0.05) is 0 Å². The van der Waals surface area contributed by atoms with Crippen molar-refractivity contribution in [1.82, 2.24) is 4.90 Å². The van der Waals surface area contributed by atoms with E-state index in [-0.39, 0.29) is 0 Å². The van der Waals surface area contributed by atoms with Crippen LogP contribution in [0.5, 0.6) is 5.75 Å². The van der Waals surface area contributed by atoms with Crippen molar-refractivity contribution < 1.29 is 9.47 Å². The summed E-state index contributed by atoms with van der Waals surface area (Å²) in [6.07, 6.45) is 0. The van der Waals surface area contributed by atoms with Gasteiger partial charge in [-0.15, -0.1) is 0 Å². The minimum atomic E-state index is -2.01. The van der Waals surface area contributed by atoms with E-state index < -0.39 is 21.4 Å². The predicted molar refractivity (Wildman–Crippen MR) is 103 cm³/mol. The molecular formula is C21H24InNO2. The molecule has 0 fully saturated rings. The van der Waals surface area contributed by atoms with Crippen molar-refractivity contribution in [2.24, 2.45) is 0 Å². The summed E-state index contributed by atoms with van der Waals surface area (Å²) in [6.45, 7) is 6.02. The Morgan fingerprint density at radius 1 is 1.08 bits per heavy atom. The van der Waals surface area contributed by atoms with E-state index in [4.69, 9.17) is 9.47 Å². The van der Waals surface area contributed by atoms with Gasteiger partial charge >= 0.3 is 158 Å². The first-order valence-corrected chi connectivity index (χ1v) is 14.4. The summed E-state index contributed by atoms with van der Waals surface area (Å²) in [4.78, 5) is 2.59. The van der Waals surface area contributed by atoms with Gasteiger partial charge in [0.1, 0.15) is 0 Å². The Morgan fingerprint density at radius 2 is 1.88 bits per heavy atom. The first-order chi connectivity index (χ1) is 12.2. The van der Waals surface area contributed by atoms with E-state index in [1.165, 1.54) is 16.8 Å². The third-order valence-electron chi connectivity index (χ3n) is 5.19. The fraction of sp³-hybridized carbons (Fsp3) is 0.333. The van der Waals surface area contributed by atoms with E-state index in [1.807, 2.05) is 13.2 Å². The van der Waals surface area contributed by atoms with Crippen LogP contribution in [0.15, 0.2) is 52.4 Å². The number of fused-ring (bicyclic) bond motifs is 4. The molecule has 1 atom stereocenters. The number of hydrogen-bond acceptors (Lipinski definition) is 3. The van der Waals surface area contributed by atoms with Gasteiger partial charge in [0.25, 0.3) is 0 Å². The standard InChI is InChI=1S/C21H24NO2.In/c1-17(2)22(14-15-23-4)18(3)20-12-8-9-13-21(20)24-16-19-10-6-5-7-11-19;/h3,5-11,13-14,17H,15-16H2,1-2,4H3;. The van der Waals surface area contributed by atoms with Crippen LogP contribution in [0.2, 0.25) is 0 Å². The molecule has 2 bridgehead atoms. The van der Waals surface area contributed by atoms with E-state index in [2.05, 4.69) is 65.0 Å². The predicted octanol–water partition coefficient (Wildman–Crippen LogP) is 3.14. The fourth-order valence-electron chi connectivity index (χ4n) is 4.20. The van der Waals surface area contributed by atoms with Gasteiger partial charge in [-0.1, -0.05) is 0 Å². The van der Waals surface area contributed by atoms with Gasteiger partial charge in [-0.3, -0.25) is 0 Å². The molecule has 0 aliphatic carbocycles. The van der Waals surface area contributed by atoms with Crippen LogP contribution in [0.25, 0.3) is 5.70 Å². The van der Waals surface area contributed by atoms with Crippen molar-refractivity contribution in [1.29, 1.82) is 0 Å². The van der Waals surface area contributed by atoms with Crippen LogP contribution in [-0.4, -0.2) is 49.9 Å². The molecule has 0 amide bonds. The Morgan fingerprint density at radius 3 is 2.60 bits per heavy atom. The van der Waals surface area contributed by atoms with Gasteiger partial charge in [0.05, 0.1) is 0 Å². The number of methoxy groups -OCH3 is 1. The molecule has 2 aromatic rings. The average Bonchev–Trinajstić information content (AvgIpc) is 3.18. The summed E-state index contributed by atoms with van der Waals surface area (Å²) in [5, 5.41) is 0. The van der Waals surface area contributed by atoms with E-state index in [0.29, 0.717) is 16.4 Å². The van der Waals surface area contributed by atoms with Crippen molar-refractivity contribution >= 4 is 30.5 Å². The number of hydrogen-bond donors (Lipinski definition) is 0. The zero-order valence-corrected chi connectivity index (χ0v) is 18.4. The Bertz CT molecular complexity index is 788. The van der Waals surface area contributed by atoms with E-state index in [0.717, 1.165) is 12.4 Å². The molecule has 0 N–H and O–H groups in total. The zero-order chi connectivity index (χ0) is 17.4. The molecule has 0 aromatic heterocycles. The van der Waals surface area contributed by atoms with Gasteiger partial charge in [-0.2, -0.15) is 0 Å². The number of rotatable bonds is 6. The number of nitrogens with zero attached hydrogens (tertiary/aromatic N) is 1. The maximum atomic E-state index is 6.25. The second-order valence-corrected chi connectivity index (χ2v) is 15.0. The molecule has 25 heavy (non-hydrogen) atoms. The van der Waals surface area contributed by atoms with E-state index >= 15 is 0 Å². The Labute approximate surface area is 157 Å². The molecule has 1 unspecified atom stereocenters. The molecule has 0 saturated heterocycles. The minimum absolute atomic E-state index is 0.489. The number of benzene rings is 2. The van der Waals surface area contributed by atoms with Crippen molar-refractivity contribution in [3.05, 3.63) is 63.5 Å². The quantitative estimate of drug-likeness (QED) is 0.694. The third-order valence-corrected chi connectivity index (χ3v) is 14.4. The fourth-order valence-corrected chi connectivity index (χ4v) is 14.8. The second-order valence-electron chi connectivity index (χ2n) is 7.10. The molecule has 2 aliphatic rings. The van der Waals surface area contributed by atoms with Crippen molar-refractivity contribution in [2.45, 2.75) is 30.3 Å². The van der Waals surface area contributed by atoms with Crippen LogP contribution in [0.3, 0.4) is 0 Å². The normalized spacial score (nSPS) is 17.9. The average molecular weight is 437 g/mol. The first kappa shape index (κ1) is 17.0. The molecule has 3 nitrogen and oxygen atoms in total. The second kappa shape index (κ2) is 7.08. The Kier molecular flexibility index (Phi) is 4.83. The molecule has 2 aliphatic heterocycles. The van der Waals surface area contributed by atoms with Crippen LogP contribution < -0.4 is 8.06 Å². The first-order valence-electron chi connectivity index (χ1n) is 8.99. The van der Waals surface area contributed by atoms with Crippen molar-refractivity contribution in [2.75, 3.05) is 13.7 Å². The van der Waals surface area contributed by atoms with Crippen LogP contribution >= 0.6 is 0 Å². The summed E-state index contributed by atoms with van der Waals surface area (Å²) in [5.41, 5.74) is 3.97. The van der Waals surface area contributed by atoms with E-state index in [1.54, 1.807) is 3.32 Å². The van der Waals surface area contributed by atoms with Gasteiger partial charge in [0.15, 0.2) is 0 Å². The molecular weight excluding hydrogens is 413 g/mol. The molecule has 0 radical (unpaired) electrons. The molecule has 4 rings (SSSR count). The molecule has 0 spiro atoms. The van der Waals surface area contributed by atoms with Crippen LogP contribution in [0.4, 0.5) is 0 Å². The summed E-state index contributed by atoms with van der Waals surface area (Å²) in [6, 6.07) is 17.5. The molecule has 128 valence electrons. The molecule has 4 heteroatoms. The maximum absolute atomic E-state index is 6.25. The summed E-state index contributed by atoms with van der Waals surface area (Å²) >= 11 is -2.01. The Balaban J connectivity index is 1.64. The molecule has 2 heterocycles. The van der Waals surface area contributed by atoms with Gasteiger partial charge in [-0.05, 0) is 0 Å². The monoisotopic (exact) mass is 437 g/mol. The third kappa shape index (κ3) is 3.00. The van der Waals surface area contributed by atoms with E-state index in [9.17, 15) is 0 Å². The van der Waals surface area contributed by atoms with Crippen LogP contribution in [0, 0.1) is 0 Å². The van der Waals surface area contributed by atoms with Crippen LogP contribution in [0.1, 0.15) is 25.0 Å². The summed E-state index contributed by atoms with van der Waals surface area (Å²) in [7, 11) is 1.82. The molecule has 0 saturated carbocycles. The summed E-state index contributed by atoms with van der Waals surface area (Å²) in [5.74, 6) is 1.04. The molecule has 2 aromatic carbocycles. The van der Waals surface area contributed by atoms with Crippen molar-refractivity contribution in [3.8, 4) is 5.75 Å². The van der Waals surface area contributed by atoms with Gasteiger partial charge in [-0.25, -0.2) is 0 Å².